The zero-order valence-electron chi connectivity index (χ0n) is 14.8. The number of fused-ring (bicyclic) bond motifs is 1. The average molecular weight is 398 g/mol. The molecule has 0 saturated heterocycles. The fourth-order valence-corrected chi connectivity index (χ4v) is 4.32. The molecule has 27 heavy (non-hydrogen) atoms. The van der Waals surface area contributed by atoms with Crippen LogP contribution >= 0.6 is 23.4 Å². The van der Waals surface area contributed by atoms with Crippen molar-refractivity contribution in [2.24, 2.45) is 0 Å². The van der Waals surface area contributed by atoms with Crippen LogP contribution in [0.2, 0.25) is 5.02 Å². The largest absolute Gasteiger partial charge is 0.396 e. The fourth-order valence-electron chi connectivity index (χ4n) is 3.09. The van der Waals surface area contributed by atoms with E-state index in [4.69, 9.17) is 26.7 Å². The van der Waals surface area contributed by atoms with Crippen molar-refractivity contribution < 1.29 is 5.11 Å². The van der Waals surface area contributed by atoms with Gasteiger partial charge in [0, 0.05) is 22.9 Å². The summed E-state index contributed by atoms with van der Waals surface area (Å²) in [7, 11) is 0. The molecular formula is C21H20ClN3OS. The Hall–Kier alpha value is -2.08. The molecule has 4 rings (SSSR count). The molecule has 6 heteroatoms. The van der Waals surface area contributed by atoms with Gasteiger partial charge in [0.25, 0.3) is 0 Å². The van der Waals surface area contributed by atoms with Crippen LogP contribution in [0.4, 0.5) is 11.5 Å². The number of aliphatic hydroxyl groups excluding tert-OH is 1. The van der Waals surface area contributed by atoms with Gasteiger partial charge in [-0.1, -0.05) is 35.9 Å². The topological polar surface area (TPSA) is 58.0 Å². The van der Waals surface area contributed by atoms with Crippen molar-refractivity contribution >= 4 is 34.9 Å². The molecule has 4 nitrogen and oxygen atoms in total. The predicted octanol–water partition coefficient (Wildman–Crippen LogP) is 5.11. The molecule has 0 amide bonds. The average Bonchev–Trinajstić information content (AvgIpc) is 2.69. The van der Waals surface area contributed by atoms with E-state index in [2.05, 4.69) is 5.32 Å². The number of hydrogen-bond acceptors (Lipinski definition) is 5. The van der Waals surface area contributed by atoms with Crippen molar-refractivity contribution in [3.63, 3.8) is 0 Å². The number of hydrogen-bond donors (Lipinski definition) is 2. The van der Waals surface area contributed by atoms with Crippen molar-refractivity contribution in [2.45, 2.75) is 24.2 Å². The summed E-state index contributed by atoms with van der Waals surface area (Å²) in [5, 5.41) is 13.2. The van der Waals surface area contributed by atoms with Gasteiger partial charge in [0.2, 0.25) is 0 Å². The molecule has 0 saturated carbocycles. The van der Waals surface area contributed by atoms with Crippen LogP contribution in [0.1, 0.15) is 17.7 Å². The van der Waals surface area contributed by atoms with E-state index in [0.29, 0.717) is 17.3 Å². The minimum absolute atomic E-state index is 0.159. The third kappa shape index (κ3) is 4.26. The number of benzene rings is 2. The molecule has 0 unspecified atom stereocenters. The number of anilines is 2. The second-order valence-corrected chi connectivity index (χ2v) is 7.97. The number of aliphatic hydroxyl groups is 1. The summed E-state index contributed by atoms with van der Waals surface area (Å²) in [6.45, 7) is 0.159. The van der Waals surface area contributed by atoms with Gasteiger partial charge in [-0.2, -0.15) is 0 Å². The van der Waals surface area contributed by atoms with E-state index in [9.17, 15) is 0 Å². The summed E-state index contributed by atoms with van der Waals surface area (Å²) < 4.78 is 0. The Kier molecular flexibility index (Phi) is 5.62. The Morgan fingerprint density at radius 3 is 2.74 bits per heavy atom. The smallest absolute Gasteiger partial charge is 0.161 e. The normalized spacial score (nSPS) is 13.3. The van der Waals surface area contributed by atoms with Gasteiger partial charge in [-0.05, 0) is 54.8 Å². The van der Waals surface area contributed by atoms with Crippen LogP contribution in [0.15, 0.2) is 53.4 Å². The van der Waals surface area contributed by atoms with Crippen LogP contribution in [-0.2, 0) is 12.8 Å². The summed E-state index contributed by atoms with van der Waals surface area (Å²) in [4.78, 5) is 10.7. The third-order valence-corrected chi connectivity index (χ3v) is 5.89. The Labute approximate surface area is 168 Å². The molecule has 2 heterocycles. The molecule has 0 spiro atoms. The lowest BCUT2D eigenvalue weighted by atomic mass is 10.1. The van der Waals surface area contributed by atoms with Crippen LogP contribution in [0.25, 0.3) is 11.4 Å². The van der Waals surface area contributed by atoms with Crippen LogP contribution < -0.4 is 5.32 Å². The van der Waals surface area contributed by atoms with Gasteiger partial charge in [-0.3, -0.25) is 0 Å². The number of thioether (sulfide) groups is 1. The third-order valence-electron chi connectivity index (χ3n) is 4.44. The second-order valence-electron chi connectivity index (χ2n) is 6.43. The minimum Gasteiger partial charge on any atom is -0.396 e. The molecule has 2 aromatic carbocycles. The van der Waals surface area contributed by atoms with Gasteiger partial charge < -0.3 is 10.4 Å². The van der Waals surface area contributed by atoms with E-state index in [1.165, 1.54) is 0 Å². The van der Waals surface area contributed by atoms with Crippen LogP contribution in [-0.4, -0.2) is 27.4 Å². The molecule has 1 aliphatic rings. The van der Waals surface area contributed by atoms with Gasteiger partial charge in [0.15, 0.2) is 5.82 Å². The van der Waals surface area contributed by atoms with Crippen LogP contribution in [0.3, 0.4) is 0 Å². The molecule has 2 N–H and O–H groups in total. The number of halogens is 1. The maximum atomic E-state index is 9.07. The maximum absolute atomic E-state index is 9.07. The van der Waals surface area contributed by atoms with E-state index in [0.717, 1.165) is 51.8 Å². The van der Waals surface area contributed by atoms with Crippen LogP contribution in [0.5, 0.6) is 0 Å². The lowest BCUT2D eigenvalue weighted by Crippen LogP contribution is -2.09. The summed E-state index contributed by atoms with van der Waals surface area (Å²) >= 11 is 7.96. The molecule has 1 aliphatic heterocycles. The standard InChI is InChI=1S/C21H20ClN3OS/c22-16-4-1-3-15(13-16)20-24-18-5-2-12-27-19(18)21(25-20)23-17-8-6-14(7-9-17)10-11-26/h1,3-4,6-9,13,26H,2,5,10-12H2,(H,23,24,25). The lowest BCUT2D eigenvalue weighted by molar-refractivity contribution is 0.299. The predicted molar refractivity (Wildman–Crippen MR) is 112 cm³/mol. The van der Waals surface area contributed by atoms with E-state index in [1.54, 1.807) is 11.8 Å². The van der Waals surface area contributed by atoms with E-state index in [-0.39, 0.29) is 6.61 Å². The van der Waals surface area contributed by atoms with Crippen molar-refractivity contribution in [3.05, 3.63) is 64.8 Å². The molecule has 0 aliphatic carbocycles. The highest BCUT2D eigenvalue weighted by molar-refractivity contribution is 7.99. The van der Waals surface area contributed by atoms with Gasteiger partial charge in [0.1, 0.15) is 5.82 Å². The molecule has 1 aromatic heterocycles. The first-order valence-electron chi connectivity index (χ1n) is 8.99. The quantitative estimate of drug-likeness (QED) is 0.626. The second kappa shape index (κ2) is 8.30. The van der Waals surface area contributed by atoms with Gasteiger partial charge >= 0.3 is 0 Å². The zero-order valence-corrected chi connectivity index (χ0v) is 16.4. The number of nitrogens with zero attached hydrogens (tertiary/aromatic N) is 2. The first-order valence-corrected chi connectivity index (χ1v) is 10.4. The van der Waals surface area contributed by atoms with Crippen molar-refractivity contribution in [3.8, 4) is 11.4 Å². The number of rotatable bonds is 5. The molecule has 3 aromatic rings. The van der Waals surface area contributed by atoms with E-state index in [1.807, 2.05) is 48.5 Å². The molecule has 0 radical (unpaired) electrons. The zero-order chi connectivity index (χ0) is 18.6. The van der Waals surface area contributed by atoms with Crippen molar-refractivity contribution in [1.82, 2.24) is 9.97 Å². The Morgan fingerprint density at radius 1 is 1.11 bits per heavy atom. The summed E-state index contributed by atoms with van der Waals surface area (Å²) in [5.41, 5.74) is 4.10. The van der Waals surface area contributed by atoms with Gasteiger partial charge in [-0.15, -0.1) is 11.8 Å². The highest BCUT2D eigenvalue weighted by Crippen LogP contribution is 2.37. The number of nitrogens with one attached hydrogen (secondary N) is 1. The van der Waals surface area contributed by atoms with Gasteiger partial charge in [0.05, 0.1) is 10.6 Å². The van der Waals surface area contributed by atoms with E-state index >= 15 is 0 Å². The first-order chi connectivity index (χ1) is 13.2. The maximum Gasteiger partial charge on any atom is 0.161 e. The fraction of sp³-hybridized carbons (Fsp3) is 0.238. The molecule has 138 valence electrons. The summed E-state index contributed by atoms with van der Waals surface area (Å²) in [6.07, 6.45) is 2.75. The van der Waals surface area contributed by atoms with Crippen LogP contribution in [0, 0.1) is 0 Å². The Morgan fingerprint density at radius 2 is 1.96 bits per heavy atom. The van der Waals surface area contributed by atoms with E-state index < -0.39 is 0 Å². The lowest BCUT2D eigenvalue weighted by Gasteiger charge is -2.19. The first kappa shape index (κ1) is 18.3. The minimum atomic E-state index is 0.159. The highest BCUT2D eigenvalue weighted by Gasteiger charge is 2.19. The SMILES string of the molecule is OCCc1ccc(Nc2nc(-c3cccc(Cl)c3)nc3c2SCCC3)cc1. The van der Waals surface area contributed by atoms with Crippen molar-refractivity contribution in [1.29, 1.82) is 0 Å². The molecule has 0 fully saturated rings. The monoisotopic (exact) mass is 397 g/mol. The summed E-state index contributed by atoms with van der Waals surface area (Å²) in [6, 6.07) is 15.7. The Balaban J connectivity index is 1.71. The number of aryl methyl sites for hydroxylation is 1. The number of aromatic nitrogens is 2. The van der Waals surface area contributed by atoms with Crippen molar-refractivity contribution in [2.75, 3.05) is 17.7 Å². The Bertz CT molecular complexity index is 947. The molecule has 0 bridgehead atoms. The van der Waals surface area contributed by atoms with Gasteiger partial charge in [-0.25, -0.2) is 9.97 Å². The molecule has 0 atom stereocenters. The highest BCUT2D eigenvalue weighted by atomic mass is 35.5. The summed E-state index contributed by atoms with van der Waals surface area (Å²) in [5.74, 6) is 2.62. The molecular weight excluding hydrogens is 378 g/mol.